The molecule has 4 rings (SSSR count). The number of ether oxygens (including phenoxy) is 1. The summed E-state index contributed by atoms with van der Waals surface area (Å²) >= 11 is 1.21. The number of carbonyl (C=O) groups excluding carboxylic acids is 2. The summed E-state index contributed by atoms with van der Waals surface area (Å²) < 4.78 is 32.3. The predicted octanol–water partition coefficient (Wildman–Crippen LogP) is 2.85. The summed E-state index contributed by atoms with van der Waals surface area (Å²) in [6.07, 6.45) is 1.60. The Bertz CT molecular complexity index is 1210. The van der Waals surface area contributed by atoms with Gasteiger partial charge in [0.1, 0.15) is 5.25 Å². The molecule has 0 spiro atoms. The van der Waals surface area contributed by atoms with Crippen LogP contribution in [0.4, 0.5) is 11.4 Å². The van der Waals surface area contributed by atoms with Gasteiger partial charge >= 0.3 is 0 Å². The molecule has 2 aromatic rings. The highest BCUT2D eigenvalue weighted by atomic mass is 32.2. The molecule has 0 radical (unpaired) electrons. The molecule has 2 aromatic carbocycles. The monoisotopic (exact) mass is 514 g/mol. The van der Waals surface area contributed by atoms with Crippen LogP contribution in [-0.2, 0) is 24.3 Å². The van der Waals surface area contributed by atoms with Crippen LogP contribution in [0.3, 0.4) is 0 Å². The Morgan fingerprint density at radius 3 is 2.49 bits per heavy atom. The van der Waals surface area contributed by atoms with Crippen LogP contribution < -0.4 is 5.32 Å². The highest BCUT2D eigenvalue weighted by molar-refractivity contribution is 8.15. The minimum absolute atomic E-state index is 0.00177. The number of morpholine rings is 1. The number of hydrogen-bond donors (Lipinski definition) is 1. The number of rotatable bonds is 8. The maximum atomic E-state index is 12.9. The van der Waals surface area contributed by atoms with Crippen molar-refractivity contribution in [3.05, 3.63) is 67.3 Å². The number of amides is 2. The molecule has 1 N–H and O–H groups in total. The van der Waals surface area contributed by atoms with Crippen molar-refractivity contribution in [2.45, 2.75) is 16.6 Å². The fourth-order valence-corrected chi connectivity index (χ4v) is 6.24. The summed E-state index contributed by atoms with van der Waals surface area (Å²) in [6.45, 7) is 5.35. The summed E-state index contributed by atoms with van der Waals surface area (Å²) in [5, 5.41) is 2.62. The minimum Gasteiger partial charge on any atom is -0.379 e. The van der Waals surface area contributed by atoms with E-state index in [0.29, 0.717) is 42.8 Å². The maximum absolute atomic E-state index is 12.9. The fraction of sp³-hybridized carbons (Fsp3) is 0.292. The SMILES string of the molecule is C=CCN1C(=O)[C@@H](CC(=O)Nc2ccccc2)SC1=Nc1ccc(S(=O)(=O)N2CCOCC2)cc1. The Morgan fingerprint density at radius 1 is 1.14 bits per heavy atom. The molecule has 9 nitrogen and oxygen atoms in total. The average Bonchev–Trinajstić information content (AvgIpc) is 3.14. The lowest BCUT2D eigenvalue weighted by Crippen LogP contribution is -2.40. The van der Waals surface area contributed by atoms with Crippen LogP contribution in [0.2, 0.25) is 0 Å². The molecule has 2 aliphatic heterocycles. The van der Waals surface area contributed by atoms with Crippen molar-refractivity contribution in [2.24, 2.45) is 4.99 Å². The van der Waals surface area contributed by atoms with Crippen molar-refractivity contribution < 1.29 is 22.7 Å². The molecular formula is C24H26N4O5S2. The van der Waals surface area contributed by atoms with Gasteiger partial charge in [0.2, 0.25) is 21.8 Å². The first-order valence-corrected chi connectivity index (χ1v) is 13.4. The van der Waals surface area contributed by atoms with Crippen LogP contribution >= 0.6 is 11.8 Å². The quantitative estimate of drug-likeness (QED) is 0.543. The van der Waals surface area contributed by atoms with Crippen molar-refractivity contribution in [1.29, 1.82) is 0 Å². The van der Waals surface area contributed by atoms with Crippen molar-refractivity contribution in [2.75, 3.05) is 38.2 Å². The Balaban J connectivity index is 1.47. The lowest BCUT2D eigenvalue weighted by molar-refractivity contribution is -0.127. The smallest absolute Gasteiger partial charge is 0.243 e. The van der Waals surface area contributed by atoms with Gasteiger partial charge in [-0.1, -0.05) is 36.0 Å². The Morgan fingerprint density at radius 2 is 1.83 bits per heavy atom. The zero-order chi connectivity index (χ0) is 24.8. The highest BCUT2D eigenvalue weighted by Crippen LogP contribution is 2.32. The van der Waals surface area contributed by atoms with E-state index in [4.69, 9.17) is 4.74 Å². The van der Waals surface area contributed by atoms with Gasteiger partial charge in [-0.3, -0.25) is 14.5 Å². The molecule has 2 heterocycles. The first-order valence-electron chi connectivity index (χ1n) is 11.1. The van der Waals surface area contributed by atoms with Gasteiger partial charge in [0.25, 0.3) is 0 Å². The summed E-state index contributed by atoms with van der Waals surface area (Å²) in [5.41, 5.74) is 1.17. The molecule has 184 valence electrons. The van der Waals surface area contributed by atoms with Gasteiger partial charge in [0.15, 0.2) is 5.17 Å². The molecule has 0 aromatic heterocycles. The third kappa shape index (κ3) is 5.99. The van der Waals surface area contributed by atoms with Gasteiger partial charge in [0.05, 0.1) is 23.8 Å². The summed E-state index contributed by atoms with van der Waals surface area (Å²) in [4.78, 5) is 31.7. The van der Waals surface area contributed by atoms with Gasteiger partial charge in [-0.15, -0.1) is 6.58 Å². The maximum Gasteiger partial charge on any atom is 0.243 e. The highest BCUT2D eigenvalue weighted by Gasteiger charge is 2.38. The summed E-state index contributed by atoms with van der Waals surface area (Å²) in [7, 11) is -3.60. The van der Waals surface area contributed by atoms with E-state index >= 15 is 0 Å². The molecule has 1 atom stereocenters. The van der Waals surface area contributed by atoms with Crippen molar-refractivity contribution in [3.8, 4) is 0 Å². The number of sulfonamides is 1. The lowest BCUT2D eigenvalue weighted by Gasteiger charge is -2.26. The Kier molecular flexibility index (Phi) is 8.01. The second-order valence-corrected chi connectivity index (χ2v) is 11.0. The topological polar surface area (TPSA) is 108 Å². The third-order valence-corrected chi connectivity index (χ3v) is 8.52. The molecule has 2 amide bonds. The molecule has 2 fully saturated rings. The van der Waals surface area contributed by atoms with Crippen LogP contribution in [-0.4, -0.2) is 72.7 Å². The number of thioether (sulfide) groups is 1. The van der Waals surface area contributed by atoms with Gasteiger partial charge in [-0.2, -0.15) is 4.31 Å². The van der Waals surface area contributed by atoms with Gasteiger partial charge in [0, 0.05) is 31.7 Å². The molecule has 2 saturated heterocycles. The Labute approximate surface area is 208 Å². The standard InChI is InChI=1S/C24H26N4O5S2/c1-2-12-28-23(30)21(17-22(29)25-18-6-4-3-5-7-18)34-24(28)26-19-8-10-20(11-9-19)35(31,32)27-13-15-33-16-14-27/h2-11,21H,1,12-17H2,(H,25,29)/t21-/m1/s1. The summed E-state index contributed by atoms with van der Waals surface area (Å²) in [6, 6.07) is 15.3. The minimum atomic E-state index is -3.60. The van der Waals surface area contributed by atoms with E-state index in [0.717, 1.165) is 0 Å². The van der Waals surface area contributed by atoms with E-state index in [9.17, 15) is 18.0 Å². The number of benzene rings is 2. The fourth-order valence-electron chi connectivity index (χ4n) is 3.66. The molecule has 35 heavy (non-hydrogen) atoms. The van der Waals surface area contributed by atoms with E-state index in [1.165, 1.54) is 33.1 Å². The van der Waals surface area contributed by atoms with Crippen LogP contribution in [0.25, 0.3) is 0 Å². The molecule has 0 saturated carbocycles. The van der Waals surface area contributed by atoms with E-state index in [2.05, 4.69) is 16.9 Å². The number of anilines is 1. The van der Waals surface area contributed by atoms with Crippen LogP contribution in [0, 0.1) is 0 Å². The lowest BCUT2D eigenvalue weighted by atomic mass is 10.2. The Hall–Kier alpha value is -2.99. The molecule has 2 aliphatic rings. The number of amidine groups is 1. The van der Waals surface area contributed by atoms with E-state index in [-0.39, 0.29) is 29.7 Å². The van der Waals surface area contributed by atoms with Gasteiger partial charge < -0.3 is 10.1 Å². The number of nitrogens with one attached hydrogen (secondary N) is 1. The zero-order valence-corrected chi connectivity index (χ0v) is 20.6. The van der Waals surface area contributed by atoms with Crippen LogP contribution in [0.15, 0.2) is 77.1 Å². The normalized spacial score (nSPS) is 20.2. The number of hydrogen-bond acceptors (Lipinski definition) is 7. The second kappa shape index (κ2) is 11.2. The molecule has 11 heteroatoms. The second-order valence-electron chi connectivity index (χ2n) is 7.87. The number of aliphatic imine (C=N–C) groups is 1. The van der Waals surface area contributed by atoms with Crippen LogP contribution in [0.5, 0.6) is 0 Å². The predicted molar refractivity (Wildman–Crippen MR) is 136 cm³/mol. The molecule has 0 bridgehead atoms. The first kappa shape index (κ1) is 25.1. The van der Waals surface area contributed by atoms with E-state index in [1.807, 2.05) is 18.2 Å². The van der Waals surface area contributed by atoms with Crippen molar-refractivity contribution in [1.82, 2.24) is 9.21 Å². The average molecular weight is 515 g/mol. The van der Waals surface area contributed by atoms with E-state index in [1.54, 1.807) is 30.3 Å². The first-order chi connectivity index (χ1) is 16.9. The van der Waals surface area contributed by atoms with Gasteiger partial charge in [-0.05, 0) is 36.4 Å². The third-order valence-electron chi connectivity index (χ3n) is 5.43. The summed E-state index contributed by atoms with van der Waals surface area (Å²) in [5.74, 6) is -0.483. The van der Waals surface area contributed by atoms with Crippen molar-refractivity contribution >= 4 is 50.1 Å². The van der Waals surface area contributed by atoms with Crippen molar-refractivity contribution in [3.63, 3.8) is 0 Å². The number of para-hydroxylation sites is 1. The van der Waals surface area contributed by atoms with Crippen LogP contribution in [0.1, 0.15) is 6.42 Å². The van der Waals surface area contributed by atoms with E-state index < -0.39 is 15.3 Å². The number of carbonyl (C=O) groups is 2. The molecular weight excluding hydrogens is 488 g/mol. The molecule has 0 unspecified atom stereocenters. The zero-order valence-electron chi connectivity index (χ0n) is 19.0. The van der Waals surface area contributed by atoms with Gasteiger partial charge in [-0.25, -0.2) is 13.4 Å². The molecule has 0 aliphatic carbocycles. The largest absolute Gasteiger partial charge is 0.379 e. The number of nitrogens with zero attached hydrogens (tertiary/aromatic N) is 3.